The second-order valence-corrected chi connectivity index (χ2v) is 6.09. The zero-order valence-electron chi connectivity index (χ0n) is 12.2. The summed E-state index contributed by atoms with van der Waals surface area (Å²) in [5.74, 6) is 0.932. The largest absolute Gasteiger partial charge is 0.480 e. The molecule has 0 bridgehead atoms. The van der Waals surface area contributed by atoms with E-state index >= 15 is 0 Å². The third-order valence-electron chi connectivity index (χ3n) is 4.22. The lowest BCUT2D eigenvalue weighted by atomic mass is 9.80. The van der Waals surface area contributed by atoms with E-state index < -0.39 is 5.97 Å². The Labute approximate surface area is 112 Å². The molecular formula is C15H29NO2. The standard InChI is InChI=1S/C15H29NO2/c1-4-5-13-6-8-14(9-7-13)10-16(12(2)3)11-15(17)18/h12-14H,4-11H2,1-3H3,(H,17,18). The third kappa shape index (κ3) is 5.38. The summed E-state index contributed by atoms with van der Waals surface area (Å²) in [7, 11) is 0. The van der Waals surface area contributed by atoms with Gasteiger partial charge in [-0.3, -0.25) is 9.69 Å². The van der Waals surface area contributed by atoms with Crippen molar-refractivity contribution in [1.82, 2.24) is 4.90 Å². The average molecular weight is 255 g/mol. The molecular weight excluding hydrogens is 226 g/mol. The number of hydrogen-bond acceptors (Lipinski definition) is 2. The van der Waals surface area contributed by atoms with Crippen LogP contribution in [0.2, 0.25) is 0 Å². The Bertz CT molecular complexity index is 245. The minimum atomic E-state index is -0.705. The molecule has 1 aliphatic carbocycles. The molecule has 3 nitrogen and oxygen atoms in total. The van der Waals surface area contributed by atoms with Crippen LogP contribution in [0.4, 0.5) is 0 Å². The summed E-state index contributed by atoms with van der Waals surface area (Å²) in [4.78, 5) is 13.0. The fourth-order valence-corrected chi connectivity index (χ4v) is 3.07. The Morgan fingerprint density at radius 1 is 1.22 bits per heavy atom. The zero-order chi connectivity index (χ0) is 13.5. The minimum Gasteiger partial charge on any atom is -0.480 e. The number of carboxylic acids is 1. The van der Waals surface area contributed by atoms with Crippen LogP contribution in [0.5, 0.6) is 0 Å². The van der Waals surface area contributed by atoms with Gasteiger partial charge in [-0.2, -0.15) is 0 Å². The van der Waals surface area contributed by atoms with Crippen LogP contribution in [-0.4, -0.2) is 35.1 Å². The van der Waals surface area contributed by atoms with Gasteiger partial charge in [-0.15, -0.1) is 0 Å². The van der Waals surface area contributed by atoms with E-state index in [1.807, 2.05) is 0 Å². The zero-order valence-corrected chi connectivity index (χ0v) is 12.2. The second-order valence-electron chi connectivity index (χ2n) is 6.09. The Balaban J connectivity index is 2.35. The van der Waals surface area contributed by atoms with E-state index in [0.717, 1.165) is 12.5 Å². The highest BCUT2D eigenvalue weighted by Crippen LogP contribution is 2.32. The highest BCUT2D eigenvalue weighted by Gasteiger charge is 2.24. The van der Waals surface area contributed by atoms with Crippen LogP contribution < -0.4 is 0 Å². The van der Waals surface area contributed by atoms with Gasteiger partial charge in [0, 0.05) is 12.6 Å². The lowest BCUT2D eigenvalue weighted by molar-refractivity contribution is -0.139. The molecule has 0 aliphatic heterocycles. The molecule has 1 rings (SSSR count). The van der Waals surface area contributed by atoms with Crippen molar-refractivity contribution in [2.45, 2.75) is 65.3 Å². The van der Waals surface area contributed by atoms with Crippen LogP contribution in [0.1, 0.15) is 59.3 Å². The van der Waals surface area contributed by atoms with E-state index in [2.05, 4.69) is 25.7 Å². The molecule has 1 aliphatic rings. The molecule has 0 amide bonds. The first-order valence-corrected chi connectivity index (χ1v) is 7.48. The molecule has 0 unspecified atom stereocenters. The molecule has 0 spiro atoms. The van der Waals surface area contributed by atoms with Crippen molar-refractivity contribution < 1.29 is 9.90 Å². The highest BCUT2D eigenvalue weighted by atomic mass is 16.4. The van der Waals surface area contributed by atoms with Crippen LogP contribution in [0.15, 0.2) is 0 Å². The number of carbonyl (C=O) groups is 1. The summed E-state index contributed by atoms with van der Waals surface area (Å²) in [6.45, 7) is 7.59. The Hall–Kier alpha value is -0.570. The predicted molar refractivity (Wildman–Crippen MR) is 74.7 cm³/mol. The van der Waals surface area contributed by atoms with Crippen LogP contribution >= 0.6 is 0 Å². The van der Waals surface area contributed by atoms with Gasteiger partial charge in [-0.25, -0.2) is 0 Å². The number of hydrogen-bond donors (Lipinski definition) is 1. The SMILES string of the molecule is CCCC1CCC(CN(CC(=O)O)C(C)C)CC1. The number of nitrogens with zero attached hydrogens (tertiary/aromatic N) is 1. The van der Waals surface area contributed by atoms with E-state index in [1.165, 1.54) is 38.5 Å². The predicted octanol–water partition coefficient (Wildman–Crippen LogP) is 3.39. The Morgan fingerprint density at radius 3 is 2.22 bits per heavy atom. The molecule has 1 N–H and O–H groups in total. The van der Waals surface area contributed by atoms with Crippen LogP contribution in [0.3, 0.4) is 0 Å². The van der Waals surface area contributed by atoms with Gasteiger partial charge in [0.25, 0.3) is 0 Å². The maximum atomic E-state index is 10.9. The monoisotopic (exact) mass is 255 g/mol. The van der Waals surface area contributed by atoms with Crippen molar-refractivity contribution >= 4 is 5.97 Å². The lowest BCUT2D eigenvalue weighted by Crippen LogP contribution is -2.40. The number of carboxylic acid groups (broad SMARTS) is 1. The highest BCUT2D eigenvalue weighted by molar-refractivity contribution is 5.69. The third-order valence-corrected chi connectivity index (χ3v) is 4.22. The van der Waals surface area contributed by atoms with Gasteiger partial charge >= 0.3 is 5.97 Å². The van der Waals surface area contributed by atoms with Crippen LogP contribution in [0, 0.1) is 11.8 Å². The molecule has 0 aromatic heterocycles. The van der Waals surface area contributed by atoms with E-state index in [1.54, 1.807) is 0 Å². The Morgan fingerprint density at radius 2 is 1.78 bits per heavy atom. The van der Waals surface area contributed by atoms with E-state index in [-0.39, 0.29) is 6.54 Å². The summed E-state index contributed by atoms with van der Waals surface area (Å²) in [5.41, 5.74) is 0. The fourth-order valence-electron chi connectivity index (χ4n) is 3.07. The lowest BCUT2D eigenvalue weighted by Gasteiger charge is -2.33. The van der Waals surface area contributed by atoms with Gasteiger partial charge in [-0.1, -0.05) is 32.6 Å². The molecule has 0 aromatic rings. The van der Waals surface area contributed by atoms with Crippen molar-refractivity contribution in [2.75, 3.05) is 13.1 Å². The van der Waals surface area contributed by atoms with Gasteiger partial charge in [-0.05, 0) is 38.5 Å². The average Bonchev–Trinajstić information content (AvgIpc) is 2.30. The van der Waals surface area contributed by atoms with Crippen LogP contribution in [0.25, 0.3) is 0 Å². The van der Waals surface area contributed by atoms with Crippen molar-refractivity contribution in [3.63, 3.8) is 0 Å². The van der Waals surface area contributed by atoms with Gasteiger partial charge < -0.3 is 5.11 Å². The minimum absolute atomic E-state index is 0.187. The normalized spacial score (nSPS) is 24.7. The molecule has 1 saturated carbocycles. The van der Waals surface area contributed by atoms with Crippen LogP contribution in [-0.2, 0) is 4.79 Å². The molecule has 0 radical (unpaired) electrons. The fraction of sp³-hybridized carbons (Fsp3) is 0.933. The van der Waals surface area contributed by atoms with Crippen molar-refractivity contribution in [2.24, 2.45) is 11.8 Å². The number of aliphatic carboxylic acids is 1. The van der Waals surface area contributed by atoms with E-state index in [4.69, 9.17) is 5.11 Å². The van der Waals surface area contributed by atoms with Gasteiger partial charge in [0.15, 0.2) is 0 Å². The smallest absolute Gasteiger partial charge is 0.317 e. The molecule has 18 heavy (non-hydrogen) atoms. The molecule has 0 heterocycles. The van der Waals surface area contributed by atoms with Crippen molar-refractivity contribution in [1.29, 1.82) is 0 Å². The van der Waals surface area contributed by atoms with Crippen molar-refractivity contribution in [3.8, 4) is 0 Å². The maximum Gasteiger partial charge on any atom is 0.317 e. The Kier molecular flexibility index (Phi) is 6.69. The van der Waals surface area contributed by atoms with E-state index in [9.17, 15) is 4.79 Å². The molecule has 0 aromatic carbocycles. The molecule has 0 saturated heterocycles. The van der Waals surface area contributed by atoms with Gasteiger partial charge in [0.1, 0.15) is 0 Å². The number of rotatable bonds is 7. The molecule has 0 atom stereocenters. The van der Waals surface area contributed by atoms with Gasteiger partial charge in [0.05, 0.1) is 6.54 Å². The summed E-state index contributed by atoms with van der Waals surface area (Å²) in [6.07, 6.45) is 7.93. The second kappa shape index (κ2) is 7.78. The van der Waals surface area contributed by atoms with Gasteiger partial charge in [0.2, 0.25) is 0 Å². The summed E-state index contributed by atoms with van der Waals surface area (Å²) in [6, 6.07) is 0.328. The first kappa shape index (κ1) is 15.5. The topological polar surface area (TPSA) is 40.5 Å². The first-order valence-electron chi connectivity index (χ1n) is 7.48. The molecule has 106 valence electrons. The van der Waals surface area contributed by atoms with E-state index in [0.29, 0.717) is 12.0 Å². The maximum absolute atomic E-state index is 10.9. The summed E-state index contributed by atoms with van der Waals surface area (Å²) >= 11 is 0. The van der Waals surface area contributed by atoms with Crippen molar-refractivity contribution in [3.05, 3.63) is 0 Å². The first-order chi connectivity index (χ1) is 8.52. The summed E-state index contributed by atoms with van der Waals surface area (Å²) < 4.78 is 0. The summed E-state index contributed by atoms with van der Waals surface area (Å²) in [5, 5.41) is 8.93. The molecule has 3 heteroatoms. The molecule has 1 fully saturated rings. The quantitative estimate of drug-likeness (QED) is 0.758.